The number of nitrogens with zero attached hydrogens (tertiary/aromatic N) is 6. The minimum atomic E-state index is -0.633. The summed E-state index contributed by atoms with van der Waals surface area (Å²) in [7, 11) is 3.25. The van der Waals surface area contributed by atoms with E-state index in [4.69, 9.17) is 20.9 Å². The molecule has 0 unspecified atom stereocenters. The Kier molecular flexibility index (Phi) is 9.96. The quantitative estimate of drug-likeness (QED) is 0.0955. The molecule has 0 saturated heterocycles. The second kappa shape index (κ2) is 14.3. The molecule has 0 aliphatic heterocycles. The maximum atomic E-state index is 13.4. The molecule has 5 rings (SSSR count). The summed E-state index contributed by atoms with van der Waals surface area (Å²) >= 11 is 0. The van der Waals surface area contributed by atoms with Crippen LogP contribution in [0.4, 0.5) is 11.9 Å². The Hall–Kier alpha value is -5.86. The fraction of sp³-hybridized carbons (Fsp3) is 0.333. The normalized spacial score (nSPS) is 11.4. The molecule has 5 aromatic rings. The van der Waals surface area contributed by atoms with Gasteiger partial charge in [0.05, 0.1) is 30.4 Å². The van der Waals surface area contributed by atoms with E-state index in [-0.39, 0.29) is 24.0 Å². The third-order valence-electron chi connectivity index (χ3n) is 7.78. The van der Waals surface area contributed by atoms with Crippen molar-refractivity contribution in [1.29, 1.82) is 0 Å². The zero-order valence-electron chi connectivity index (χ0n) is 27.7. The first-order chi connectivity index (χ1) is 23.1. The highest BCUT2D eigenvalue weighted by molar-refractivity contribution is 6.04. The molecular weight excluding hydrogens is 616 g/mol. The Bertz CT molecular complexity index is 2040. The number of primary amides is 2. The van der Waals surface area contributed by atoms with Gasteiger partial charge < -0.3 is 35.4 Å². The van der Waals surface area contributed by atoms with Gasteiger partial charge in [-0.25, -0.2) is 9.97 Å². The number of unbranched alkanes of at least 4 members (excludes halogenated alkanes) is 1. The van der Waals surface area contributed by atoms with Crippen molar-refractivity contribution in [2.75, 3.05) is 31.4 Å². The number of fused-ring (bicyclic) bond motifs is 2. The fourth-order valence-electron chi connectivity index (χ4n) is 5.47. The number of benzene rings is 2. The van der Waals surface area contributed by atoms with E-state index in [1.54, 1.807) is 46.6 Å². The Balaban J connectivity index is 1.52. The van der Waals surface area contributed by atoms with Gasteiger partial charge in [-0.15, -0.1) is 0 Å². The van der Waals surface area contributed by atoms with E-state index in [1.165, 1.54) is 7.11 Å². The van der Waals surface area contributed by atoms with Gasteiger partial charge >= 0.3 is 0 Å². The van der Waals surface area contributed by atoms with Crippen molar-refractivity contribution >= 4 is 51.7 Å². The molecular formula is C33H40N10O5. The molecule has 0 fully saturated rings. The monoisotopic (exact) mass is 656 g/mol. The highest BCUT2D eigenvalue weighted by Gasteiger charge is 2.22. The van der Waals surface area contributed by atoms with E-state index in [1.807, 2.05) is 30.6 Å². The number of hydrogen-bond donors (Lipinski definition) is 4. The molecule has 0 saturated carbocycles. The summed E-state index contributed by atoms with van der Waals surface area (Å²) in [4.78, 5) is 46.9. The second-order valence-electron chi connectivity index (χ2n) is 11.1. The first kappa shape index (κ1) is 33.5. The van der Waals surface area contributed by atoms with E-state index >= 15 is 0 Å². The minimum Gasteiger partial charge on any atom is -0.494 e. The van der Waals surface area contributed by atoms with Crippen LogP contribution in [0, 0.1) is 6.92 Å². The van der Waals surface area contributed by atoms with Gasteiger partial charge in [0.2, 0.25) is 23.7 Å². The van der Waals surface area contributed by atoms with Crippen LogP contribution in [0.25, 0.3) is 22.1 Å². The Labute approximate surface area is 276 Å². The highest BCUT2D eigenvalue weighted by Crippen LogP contribution is 2.32. The molecule has 0 atom stereocenters. The molecule has 15 heteroatoms. The molecule has 6 N–H and O–H groups in total. The number of rotatable bonds is 15. The van der Waals surface area contributed by atoms with Crippen LogP contribution < -0.4 is 31.6 Å². The van der Waals surface area contributed by atoms with Crippen molar-refractivity contribution in [1.82, 2.24) is 28.9 Å². The molecule has 0 aliphatic rings. The molecule has 3 heterocycles. The number of hydrogen-bond acceptors (Lipinski definition) is 9. The lowest BCUT2D eigenvalue weighted by Crippen LogP contribution is -2.20. The first-order valence-electron chi connectivity index (χ1n) is 15.6. The third-order valence-corrected chi connectivity index (χ3v) is 7.78. The highest BCUT2D eigenvalue weighted by atomic mass is 16.5. The van der Waals surface area contributed by atoms with Crippen molar-refractivity contribution in [3.63, 3.8) is 0 Å². The number of anilines is 2. The molecule has 0 bridgehead atoms. The van der Waals surface area contributed by atoms with Crippen LogP contribution in [0.1, 0.15) is 63.6 Å². The number of amides is 3. The molecule has 3 amide bonds. The predicted molar refractivity (Wildman–Crippen MR) is 183 cm³/mol. The number of nitrogens with two attached hydrogens (primary N) is 2. The maximum Gasteiger partial charge on any atom is 0.276 e. The van der Waals surface area contributed by atoms with Crippen LogP contribution in [0.2, 0.25) is 0 Å². The number of carbonyl (C=O) groups is 3. The number of methoxy groups -OCH3 is 1. The van der Waals surface area contributed by atoms with E-state index in [2.05, 4.69) is 32.6 Å². The fourth-order valence-corrected chi connectivity index (χ4v) is 5.47. The molecule has 15 nitrogen and oxygen atoms in total. The topological polar surface area (TPSA) is 199 Å². The van der Waals surface area contributed by atoms with Crippen molar-refractivity contribution < 1.29 is 23.9 Å². The second-order valence-corrected chi connectivity index (χ2v) is 11.1. The lowest BCUT2D eigenvalue weighted by Gasteiger charge is -2.12. The van der Waals surface area contributed by atoms with Crippen molar-refractivity contribution in [3.8, 4) is 11.5 Å². The smallest absolute Gasteiger partial charge is 0.276 e. The number of nitrogens with one attached hydrogen (secondary N) is 2. The first-order valence-corrected chi connectivity index (χ1v) is 15.6. The summed E-state index contributed by atoms with van der Waals surface area (Å²) in [6.45, 7) is 7.44. The molecule has 0 radical (unpaired) electrons. The largest absolute Gasteiger partial charge is 0.494 e. The third kappa shape index (κ3) is 6.65. The lowest BCUT2D eigenvalue weighted by molar-refractivity contribution is 0.0991. The zero-order valence-corrected chi connectivity index (χ0v) is 27.7. The number of aryl methyl sites for hydroxylation is 2. The SMILES string of the molecule is CCCCOc1cc(C(N)=O)cc2nc(NC)n(C/C=C/Cn3c(NC(=O)c4cc(C)nn4CC)nc4cc(C(N)=O)cc(OC)c43)c12. The van der Waals surface area contributed by atoms with Crippen LogP contribution in [-0.4, -0.2) is 67.4 Å². The summed E-state index contributed by atoms with van der Waals surface area (Å²) in [5, 5.41) is 10.4. The van der Waals surface area contributed by atoms with Gasteiger partial charge in [-0.1, -0.05) is 25.5 Å². The van der Waals surface area contributed by atoms with Gasteiger partial charge in [0, 0.05) is 37.8 Å². The summed E-state index contributed by atoms with van der Waals surface area (Å²) in [6.07, 6.45) is 5.65. The number of aromatic nitrogens is 6. The lowest BCUT2D eigenvalue weighted by atomic mass is 10.1. The number of allylic oxidation sites excluding steroid dienone is 2. The van der Waals surface area contributed by atoms with E-state index in [9.17, 15) is 14.4 Å². The number of imidazole rings is 2. The molecule has 0 spiro atoms. The standard InChI is InChI=1S/C33H40N10O5/c1-6-8-13-48-26-18-21(30(35)45)16-23-28(26)41(32(36-4)37-23)11-9-10-12-42-27-22(15-20(29(34)44)17-25(27)47-5)38-33(42)39-31(46)24-14-19(3)40-43(24)7-2/h9-10,14-18H,6-8,11-13H2,1-5H3,(H2,34,44)(H2,35,45)(H,36,37)(H,38,39,46)/b10-9+. The van der Waals surface area contributed by atoms with Crippen LogP contribution in [-0.2, 0) is 19.6 Å². The van der Waals surface area contributed by atoms with Crippen molar-refractivity contribution in [2.24, 2.45) is 11.5 Å². The van der Waals surface area contributed by atoms with E-state index in [0.717, 1.165) is 18.4 Å². The average molecular weight is 657 g/mol. The zero-order chi connectivity index (χ0) is 34.5. The summed E-state index contributed by atoms with van der Waals surface area (Å²) in [5.74, 6) is 0.110. The Morgan fingerprint density at radius 3 is 2.02 bits per heavy atom. The molecule has 3 aromatic heterocycles. The summed E-state index contributed by atoms with van der Waals surface area (Å²) in [6, 6.07) is 8.11. The van der Waals surface area contributed by atoms with Gasteiger partial charge in [-0.3, -0.25) is 24.4 Å². The van der Waals surface area contributed by atoms with E-state index < -0.39 is 11.8 Å². The molecule has 2 aromatic carbocycles. The van der Waals surface area contributed by atoms with Crippen LogP contribution in [0.5, 0.6) is 11.5 Å². The summed E-state index contributed by atoms with van der Waals surface area (Å²) in [5.41, 5.74) is 15.1. The number of ether oxygens (including phenoxy) is 2. The average Bonchev–Trinajstić information content (AvgIpc) is 3.74. The molecule has 0 aliphatic carbocycles. The Morgan fingerprint density at radius 2 is 1.46 bits per heavy atom. The van der Waals surface area contributed by atoms with Gasteiger partial charge in [-0.2, -0.15) is 5.10 Å². The van der Waals surface area contributed by atoms with Gasteiger partial charge in [0.25, 0.3) is 5.91 Å². The van der Waals surface area contributed by atoms with Crippen LogP contribution in [0.15, 0.2) is 42.5 Å². The van der Waals surface area contributed by atoms with Crippen LogP contribution >= 0.6 is 0 Å². The van der Waals surface area contributed by atoms with Gasteiger partial charge in [0.15, 0.2) is 0 Å². The Morgan fingerprint density at radius 1 is 0.875 bits per heavy atom. The molecule has 48 heavy (non-hydrogen) atoms. The number of carbonyl (C=O) groups excluding carboxylic acids is 3. The predicted octanol–water partition coefficient (Wildman–Crippen LogP) is 3.85. The maximum absolute atomic E-state index is 13.4. The van der Waals surface area contributed by atoms with Gasteiger partial charge in [-0.05, 0) is 50.6 Å². The van der Waals surface area contributed by atoms with Gasteiger partial charge in [0.1, 0.15) is 28.2 Å². The summed E-state index contributed by atoms with van der Waals surface area (Å²) < 4.78 is 17.1. The van der Waals surface area contributed by atoms with Crippen LogP contribution in [0.3, 0.4) is 0 Å². The minimum absolute atomic E-state index is 0.222. The van der Waals surface area contributed by atoms with E-state index in [0.29, 0.717) is 70.6 Å². The molecule has 252 valence electrons. The van der Waals surface area contributed by atoms with Crippen molar-refractivity contribution in [3.05, 3.63) is 65.0 Å². The van der Waals surface area contributed by atoms with Crippen molar-refractivity contribution in [2.45, 2.75) is 53.2 Å².